The normalized spacial score (nSPS) is 10.2. The largest absolute Gasteiger partial charge is 0.307 e. The molecule has 3 heteroatoms. The Morgan fingerprint density at radius 2 is 2.17 bits per heavy atom. The number of halogens is 2. The van der Waals surface area contributed by atoms with Gasteiger partial charge >= 0.3 is 0 Å². The summed E-state index contributed by atoms with van der Waals surface area (Å²) < 4.78 is 1.15. The molecule has 0 spiro atoms. The molecule has 0 amide bonds. The van der Waals surface area contributed by atoms with Crippen LogP contribution in [0.1, 0.15) is 5.56 Å². The maximum absolute atomic E-state index is 3.44. The molecule has 1 rings (SSSR count). The molecule has 0 aliphatic heterocycles. The molecular weight excluding hydrogens is 282 g/mol. The van der Waals surface area contributed by atoms with E-state index in [1.807, 2.05) is 6.07 Å². The van der Waals surface area contributed by atoms with Gasteiger partial charge in [-0.1, -0.05) is 44.0 Å². The minimum Gasteiger partial charge on any atom is -0.307 e. The third-order valence-electron chi connectivity index (χ3n) is 1.57. The molecule has 1 nitrogen and oxygen atoms in total. The molecule has 0 radical (unpaired) electrons. The summed E-state index contributed by atoms with van der Waals surface area (Å²) in [5.41, 5.74) is 2.22. The van der Waals surface area contributed by atoms with Crippen molar-refractivity contribution in [2.75, 3.05) is 12.0 Å². The highest BCUT2D eigenvalue weighted by atomic mass is 79.9. The monoisotopic (exact) mass is 291 g/mol. The van der Waals surface area contributed by atoms with E-state index in [0.717, 1.165) is 22.9 Å². The van der Waals surface area contributed by atoms with Crippen LogP contribution < -0.4 is 5.32 Å². The highest BCUT2D eigenvalue weighted by molar-refractivity contribution is 9.10. The first-order chi connectivity index (χ1) is 5.83. The molecule has 0 aliphatic rings. The number of alkyl halides is 1. The summed E-state index contributed by atoms with van der Waals surface area (Å²) in [5, 5.41) is 3.22. The summed E-state index contributed by atoms with van der Waals surface area (Å²) in [6.07, 6.45) is 1.07. The number of hydrogen-bond acceptors (Lipinski definition) is 1. The van der Waals surface area contributed by atoms with Crippen LogP contribution in [0.2, 0.25) is 0 Å². The lowest BCUT2D eigenvalue weighted by Gasteiger charge is -2.01. The van der Waals surface area contributed by atoms with Crippen molar-refractivity contribution in [1.82, 2.24) is 5.32 Å². The summed E-state index contributed by atoms with van der Waals surface area (Å²) in [7, 11) is 0. The Hall–Kier alpha value is 0.140. The van der Waals surface area contributed by atoms with Crippen molar-refractivity contribution in [3.05, 3.63) is 34.3 Å². The quantitative estimate of drug-likeness (QED) is 0.511. The first-order valence-electron chi connectivity index (χ1n) is 3.84. The predicted octanol–water partition coefficient (Wildman–Crippen LogP) is 2.93. The van der Waals surface area contributed by atoms with Crippen molar-refractivity contribution in [2.45, 2.75) is 6.42 Å². The molecule has 1 N–H and O–H groups in total. The van der Waals surface area contributed by atoms with Gasteiger partial charge in [0, 0.05) is 4.47 Å². The van der Waals surface area contributed by atoms with Gasteiger partial charge in [0.05, 0.1) is 5.45 Å². The second-order valence-electron chi connectivity index (χ2n) is 2.51. The van der Waals surface area contributed by atoms with Crippen LogP contribution in [0.4, 0.5) is 0 Å². The summed E-state index contributed by atoms with van der Waals surface area (Å²) >= 11 is 6.76. The standard InChI is InChI=1S/C9H11Br2N/c10-7-12-5-4-8-2-1-3-9(11)6-8/h1-3,6,12H,4-5,7H2. The molecule has 0 aliphatic carbocycles. The molecule has 0 aromatic heterocycles. The molecule has 0 saturated carbocycles. The van der Waals surface area contributed by atoms with Gasteiger partial charge < -0.3 is 5.32 Å². The van der Waals surface area contributed by atoms with Crippen LogP contribution in [0.3, 0.4) is 0 Å². The molecule has 1 aromatic carbocycles. The van der Waals surface area contributed by atoms with Crippen molar-refractivity contribution in [3.63, 3.8) is 0 Å². The summed E-state index contributed by atoms with van der Waals surface area (Å²) in [5.74, 6) is 0. The summed E-state index contributed by atoms with van der Waals surface area (Å²) in [4.78, 5) is 0. The lowest BCUT2D eigenvalue weighted by atomic mass is 10.1. The van der Waals surface area contributed by atoms with Crippen LogP contribution in [0.15, 0.2) is 28.7 Å². The number of rotatable bonds is 4. The lowest BCUT2D eigenvalue weighted by molar-refractivity contribution is 0.779. The fourth-order valence-electron chi connectivity index (χ4n) is 0.992. The maximum Gasteiger partial charge on any atom is 0.0517 e. The van der Waals surface area contributed by atoms with E-state index in [4.69, 9.17) is 0 Å². The van der Waals surface area contributed by atoms with E-state index in [0.29, 0.717) is 0 Å². The number of benzene rings is 1. The van der Waals surface area contributed by atoms with Gasteiger partial charge in [0.25, 0.3) is 0 Å². The fourth-order valence-corrected chi connectivity index (χ4v) is 1.72. The van der Waals surface area contributed by atoms with Crippen molar-refractivity contribution in [3.8, 4) is 0 Å². The smallest absolute Gasteiger partial charge is 0.0517 e. The highest BCUT2D eigenvalue weighted by Gasteiger charge is 1.92. The van der Waals surface area contributed by atoms with Crippen LogP contribution >= 0.6 is 31.9 Å². The third kappa shape index (κ3) is 3.70. The molecule has 0 unspecified atom stereocenters. The third-order valence-corrected chi connectivity index (χ3v) is 2.46. The molecule has 0 fully saturated rings. The first kappa shape index (κ1) is 10.2. The first-order valence-corrected chi connectivity index (χ1v) is 5.75. The molecule has 0 saturated heterocycles. The Morgan fingerprint density at radius 3 is 2.83 bits per heavy atom. The Labute approximate surface area is 89.8 Å². The topological polar surface area (TPSA) is 12.0 Å². The van der Waals surface area contributed by atoms with Gasteiger partial charge in [-0.25, -0.2) is 0 Å². The summed E-state index contributed by atoms with van der Waals surface area (Å²) in [6.45, 7) is 1.02. The zero-order chi connectivity index (χ0) is 8.81. The van der Waals surface area contributed by atoms with E-state index in [2.05, 4.69) is 55.4 Å². The van der Waals surface area contributed by atoms with Crippen LogP contribution in [0, 0.1) is 0 Å². The van der Waals surface area contributed by atoms with Gasteiger partial charge in [0.15, 0.2) is 0 Å². The zero-order valence-corrected chi connectivity index (χ0v) is 9.86. The average Bonchev–Trinajstić information content (AvgIpc) is 2.05. The Balaban J connectivity index is 2.41. The Bertz CT molecular complexity index is 238. The molecule has 1 aromatic rings. The van der Waals surface area contributed by atoms with E-state index < -0.39 is 0 Å². The highest BCUT2D eigenvalue weighted by Crippen LogP contribution is 2.11. The summed E-state index contributed by atoms with van der Waals surface area (Å²) in [6, 6.07) is 8.39. The second-order valence-corrected chi connectivity index (χ2v) is 3.99. The lowest BCUT2D eigenvalue weighted by Crippen LogP contribution is -2.14. The van der Waals surface area contributed by atoms with Crippen molar-refractivity contribution in [2.24, 2.45) is 0 Å². The predicted molar refractivity (Wildman–Crippen MR) is 59.6 cm³/mol. The Morgan fingerprint density at radius 1 is 1.33 bits per heavy atom. The van der Waals surface area contributed by atoms with Gasteiger partial charge in [-0.05, 0) is 30.7 Å². The minimum absolute atomic E-state index is 0.862. The van der Waals surface area contributed by atoms with Crippen molar-refractivity contribution in [1.29, 1.82) is 0 Å². The van der Waals surface area contributed by atoms with Crippen LogP contribution in [-0.4, -0.2) is 12.0 Å². The molecule has 0 bridgehead atoms. The van der Waals surface area contributed by atoms with Gasteiger partial charge in [0.2, 0.25) is 0 Å². The number of hydrogen-bond donors (Lipinski definition) is 1. The molecule has 66 valence electrons. The average molecular weight is 293 g/mol. The SMILES string of the molecule is BrCNCCc1cccc(Br)c1. The van der Waals surface area contributed by atoms with Gasteiger partial charge in [-0.3, -0.25) is 0 Å². The van der Waals surface area contributed by atoms with Crippen molar-refractivity contribution < 1.29 is 0 Å². The van der Waals surface area contributed by atoms with E-state index >= 15 is 0 Å². The second kappa shape index (κ2) is 5.73. The zero-order valence-electron chi connectivity index (χ0n) is 6.69. The van der Waals surface area contributed by atoms with Gasteiger partial charge in [-0.2, -0.15) is 0 Å². The van der Waals surface area contributed by atoms with E-state index in [1.165, 1.54) is 5.56 Å². The van der Waals surface area contributed by atoms with E-state index in [1.54, 1.807) is 0 Å². The van der Waals surface area contributed by atoms with Crippen LogP contribution in [0.5, 0.6) is 0 Å². The van der Waals surface area contributed by atoms with Crippen molar-refractivity contribution >= 4 is 31.9 Å². The van der Waals surface area contributed by atoms with E-state index in [9.17, 15) is 0 Å². The minimum atomic E-state index is 0.862. The molecule has 0 heterocycles. The molecular formula is C9H11Br2N. The number of nitrogens with one attached hydrogen (secondary N) is 1. The van der Waals surface area contributed by atoms with Gasteiger partial charge in [-0.15, -0.1) is 0 Å². The molecule has 0 atom stereocenters. The van der Waals surface area contributed by atoms with Crippen LogP contribution in [-0.2, 0) is 6.42 Å². The fraction of sp³-hybridized carbons (Fsp3) is 0.333. The van der Waals surface area contributed by atoms with Gasteiger partial charge in [0.1, 0.15) is 0 Å². The Kier molecular flexibility index (Phi) is 4.88. The maximum atomic E-state index is 3.44. The van der Waals surface area contributed by atoms with E-state index in [-0.39, 0.29) is 0 Å². The van der Waals surface area contributed by atoms with Crippen LogP contribution in [0.25, 0.3) is 0 Å². The molecule has 12 heavy (non-hydrogen) atoms.